The van der Waals surface area contributed by atoms with E-state index in [9.17, 15) is 13.2 Å². The number of rotatable bonds is 5. The molecule has 8 heteroatoms. The molecule has 2 aromatic carbocycles. The highest BCUT2D eigenvalue weighted by Crippen LogP contribution is 2.31. The zero-order valence-corrected chi connectivity index (χ0v) is 19.6. The normalized spacial score (nSPS) is 13.2. The summed E-state index contributed by atoms with van der Waals surface area (Å²) in [6, 6.07) is 7.97. The van der Waals surface area contributed by atoms with E-state index in [1.807, 2.05) is 19.1 Å². The summed E-state index contributed by atoms with van der Waals surface area (Å²) in [5.74, 6) is 0.364. The minimum atomic E-state index is -3.82. The van der Waals surface area contributed by atoms with E-state index in [0.717, 1.165) is 5.56 Å². The molecule has 1 atom stereocenters. The van der Waals surface area contributed by atoms with Crippen molar-refractivity contribution in [2.75, 3.05) is 6.54 Å². The molecule has 160 valence electrons. The maximum Gasteiger partial charge on any atom is 0.261 e. The van der Waals surface area contributed by atoms with Gasteiger partial charge in [-0.15, -0.1) is 0 Å². The van der Waals surface area contributed by atoms with Gasteiger partial charge in [0.25, 0.3) is 5.56 Å². The van der Waals surface area contributed by atoms with Gasteiger partial charge in [-0.25, -0.2) is 13.4 Å². The summed E-state index contributed by atoms with van der Waals surface area (Å²) in [4.78, 5) is 17.8. The Morgan fingerprint density at radius 3 is 2.30 bits per heavy atom. The van der Waals surface area contributed by atoms with Crippen molar-refractivity contribution < 1.29 is 8.42 Å². The summed E-state index contributed by atoms with van der Waals surface area (Å²) >= 11 is 6.08. The number of benzene rings is 2. The number of halogens is 1. The minimum Gasteiger partial charge on any atom is -0.298 e. The summed E-state index contributed by atoms with van der Waals surface area (Å²) < 4.78 is 30.1. The third-order valence-corrected chi connectivity index (χ3v) is 7.95. The average molecular weight is 448 g/mol. The van der Waals surface area contributed by atoms with Crippen LogP contribution in [-0.2, 0) is 17.1 Å². The van der Waals surface area contributed by atoms with Gasteiger partial charge in [-0.3, -0.25) is 9.36 Å². The topological polar surface area (TPSA) is 72.3 Å². The number of hydrogen-bond acceptors (Lipinski definition) is 4. The van der Waals surface area contributed by atoms with Gasteiger partial charge in [-0.05, 0) is 57.0 Å². The molecule has 1 unspecified atom stereocenters. The molecule has 0 fully saturated rings. The van der Waals surface area contributed by atoms with Crippen LogP contribution in [0.4, 0.5) is 0 Å². The third-order valence-electron chi connectivity index (χ3n) is 5.36. The Bertz CT molecular complexity index is 1280. The fraction of sp³-hybridized carbons (Fsp3) is 0.364. The van der Waals surface area contributed by atoms with Crippen molar-refractivity contribution in [2.24, 2.45) is 7.05 Å². The molecule has 6 nitrogen and oxygen atoms in total. The molecule has 0 aliphatic carbocycles. The largest absolute Gasteiger partial charge is 0.298 e. The predicted molar refractivity (Wildman–Crippen MR) is 121 cm³/mol. The second-order valence-corrected chi connectivity index (χ2v) is 9.87. The van der Waals surface area contributed by atoms with E-state index in [1.54, 1.807) is 52.9 Å². The first-order valence-corrected chi connectivity index (χ1v) is 11.6. The molecule has 1 heterocycles. The molecular weight excluding hydrogens is 422 g/mol. The molecule has 0 bridgehead atoms. The highest BCUT2D eigenvalue weighted by molar-refractivity contribution is 7.89. The summed E-state index contributed by atoms with van der Waals surface area (Å²) in [5, 5.41) is 0.904. The number of hydrogen-bond donors (Lipinski definition) is 0. The van der Waals surface area contributed by atoms with Crippen LogP contribution in [0.2, 0.25) is 5.02 Å². The van der Waals surface area contributed by atoms with Crippen molar-refractivity contribution in [3.8, 4) is 0 Å². The number of fused-ring (bicyclic) bond motifs is 1. The predicted octanol–water partition coefficient (Wildman–Crippen LogP) is 4.28. The van der Waals surface area contributed by atoms with Crippen LogP contribution in [0.5, 0.6) is 0 Å². The quantitative estimate of drug-likeness (QED) is 0.585. The van der Waals surface area contributed by atoms with E-state index in [-0.39, 0.29) is 12.1 Å². The lowest BCUT2D eigenvalue weighted by Crippen LogP contribution is -2.37. The van der Waals surface area contributed by atoms with Gasteiger partial charge >= 0.3 is 0 Å². The zero-order valence-electron chi connectivity index (χ0n) is 18.0. The second-order valence-electron chi connectivity index (χ2n) is 7.61. The first-order chi connectivity index (χ1) is 14.0. The Balaban J connectivity index is 2.19. The highest BCUT2D eigenvalue weighted by Gasteiger charge is 2.33. The maximum atomic E-state index is 13.6. The van der Waals surface area contributed by atoms with Gasteiger partial charge in [0.05, 0.1) is 21.8 Å². The first-order valence-electron chi connectivity index (χ1n) is 9.75. The van der Waals surface area contributed by atoms with Crippen molar-refractivity contribution in [3.05, 3.63) is 68.2 Å². The molecule has 0 aliphatic heterocycles. The summed E-state index contributed by atoms with van der Waals surface area (Å²) in [7, 11) is -2.21. The molecule has 30 heavy (non-hydrogen) atoms. The van der Waals surface area contributed by atoms with Gasteiger partial charge in [0, 0.05) is 18.6 Å². The Labute approximate surface area is 182 Å². The highest BCUT2D eigenvalue weighted by atomic mass is 35.5. The van der Waals surface area contributed by atoms with E-state index in [0.29, 0.717) is 37.8 Å². The van der Waals surface area contributed by atoms with Crippen LogP contribution in [0.3, 0.4) is 0 Å². The Morgan fingerprint density at radius 2 is 1.73 bits per heavy atom. The lowest BCUT2D eigenvalue weighted by molar-refractivity contribution is 0.337. The van der Waals surface area contributed by atoms with E-state index in [1.165, 1.54) is 8.87 Å². The fourth-order valence-corrected chi connectivity index (χ4v) is 6.29. The van der Waals surface area contributed by atoms with Crippen LogP contribution in [0.1, 0.15) is 42.4 Å². The number of nitrogens with zero attached hydrogens (tertiary/aromatic N) is 3. The van der Waals surface area contributed by atoms with Crippen LogP contribution in [0.15, 0.2) is 40.0 Å². The lowest BCUT2D eigenvalue weighted by atomic mass is 10.1. The van der Waals surface area contributed by atoms with Gasteiger partial charge in [0.1, 0.15) is 5.82 Å². The summed E-state index contributed by atoms with van der Waals surface area (Å²) in [6.45, 7) is 9.31. The Kier molecular flexibility index (Phi) is 6.09. The third kappa shape index (κ3) is 3.77. The Morgan fingerprint density at radius 1 is 1.13 bits per heavy atom. The molecular formula is C22H26ClN3O3S. The number of sulfonamides is 1. The van der Waals surface area contributed by atoms with Gasteiger partial charge in [-0.1, -0.05) is 36.2 Å². The monoisotopic (exact) mass is 447 g/mol. The van der Waals surface area contributed by atoms with Crippen LogP contribution in [0.25, 0.3) is 10.9 Å². The molecule has 1 aromatic heterocycles. The maximum absolute atomic E-state index is 13.6. The molecule has 0 saturated carbocycles. The average Bonchev–Trinajstić information content (AvgIpc) is 2.63. The Hall–Kier alpha value is -2.22. The first kappa shape index (κ1) is 22.5. The molecule has 0 saturated heterocycles. The van der Waals surface area contributed by atoms with E-state index in [2.05, 4.69) is 4.98 Å². The molecule has 3 aromatic rings. The molecule has 0 spiro atoms. The van der Waals surface area contributed by atoms with Crippen molar-refractivity contribution in [3.63, 3.8) is 0 Å². The van der Waals surface area contributed by atoms with Crippen molar-refractivity contribution in [1.82, 2.24) is 13.9 Å². The number of aromatic nitrogens is 2. The zero-order chi connectivity index (χ0) is 22.4. The summed E-state index contributed by atoms with van der Waals surface area (Å²) in [5.41, 5.74) is 2.62. The smallest absolute Gasteiger partial charge is 0.261 e. The number of aryl methyl sites for hydroxylation is 3. The second kappa shape index (κ2) is 8.13. The molecule has 0 radical (unpaired) electrons. The van der Waals surface area contributed by atoms with Crippen LogP contribution < -0.4 is 5.56 Å². The van der Waals surface area contributed by atoms with Gasteiger partial charge in [-0.2, -0.15) is 4.31 Å². The van der Waals surface area contributed by atoms with Gasteiger partial charge < -0.3 is 0 Å². The van der Waals surface area contributed by atoms with Crippen LogP contribution >= 0.6 is 11.6 Å². The lowest BCUT2D eigenvalue weighted by Gasteiger charge is -2.29. The van der Waals surface area contributed by atoms with Crippen molar-refractivity contribution in [2.45, 2.75) is 45.6 Å². The minimum absolute atomic E-state index is 0.236. The molecule has 3 rings (SSSR count). The van der Waals surface area contributed by atoms with Crippen LogP contribution in [0, 0.1) is 20.8 Å². The summed E-state index contributed by atoms with van der Waals surface area (Å²) in [6.07, 6.45) is 0. The van der Waals surface area contributed by atoms with Crippen molar-refractivity contribution >= 4 is 32.5 Å². The fourth-order valence-electron chi connectivity index (χ4n) is 4.11. The van der Waals surface area contributed by atoms with E-state index >= 15 is 0 Å². The molecule has 0 N–H and O–H groups in total. The SMILES string of the molecule is CCN(C(C)c1nc2cc(Cl)ccc2c(=O)n1C)S(=O)(=O)c1c(C)cc(C)cc1C. The van der Waals surface area contributed by atoms with Gasteiger partial charge in [0.15, 0.2) is 0 Å². The molecule has 0 amide bonds. The van der Waals surface area contributed by atoms with Crippen LogP contribution in [-0.4, -0.2) is 28.8 Å². The van der Waals surface area contributed by atoms with Gasteiger partial charge in [0.2, 0.25) is 10.0 Å². The van der Waals surface area contributed by atoms with E-state index < -0.39 is 16.1 Å². The van der Waals surface area contributed by atoms with E-state index in [4.69, 9.17) is 11.6 Å². The standard InChI is InChI=1S/C22H26ClN3O3S/c1-7-26(30(28,29)20-14(3)10-13(2)11-15(20)4)16(5)21-24-19-12-17(23)8-9-18(19)22(27)25(21)6/h8-12,16H,7H2,1-6H3. The van der Waals surface area contributed by atoms with Crippen molar-refractivity contribution in [1.29, 1.82) is 0 Å². The molecule has 0 aliphatic rings.